The standard InChI is InChI=1S/C8H15F2N/c1-6(5-11)7-2-3-8(9,10)4-7/h6-7H,2-5,11H2,1H3. The Hall–Kier alpha value is -0.180. The summed E-state index contributed by atoms with van der Waals surface area (Å²) >= 11 is 0. The van der Waals surface area contributed by atoms with E-state index in [9.17, 15) is 8.78 Å². The fourth-order valence-corrected chi connectivity index (χ4v) is 1.66. The molecule has 1 rings (SSSR count). The zero-order valence-electron chi connectivity index (χ0n) is 6.82. The summed E-state index contributed by atoms with van der Waals surface area (Å²) in [5, 5.41) is 0. The van der Waals surface area contributed by atoms with Crippen LogP contribution >= 0.6 is 0 Å². The van der Waals surface area contributed by atoms with Gasteiger partial charge in [-0.05, 0) is 24.8 Å². The minimum Gasteiger partial charge on any atom is -0.330 e. The van der Waals surface area contributed by atoms with Crippen LogP contribution in [0.2, 0.25) is 0 Å². The van der Waals surface area contributed by atoms with E-state index in [1.165, 1.54) is 0 Å². The molecular weight excluding hydrogens is 148 g/mol. The van der Waals surface area contributed by atoms with Crippen molar-refractivity contribution in [1.82, 2.24) is 0 Å². The van der Waals surface area contributed by atoms with Crippen molar-refractivity contribution in [1.29, 1.82) is 0 Å². The molecule has 0 saturated heterocycles. The van der Waals surface area contributed by atoms with Crippen LogP contribution in [0.15, 0.2) is 0 Å². The van der Waals surface area contributed by atoms with Crippen LogP contribution in [-0.4, -0.2) is 12.5 Å². The van der Waals surface area contributed by atoms with Crippen LogP contribution in [0.4, 0.5) is 8.78 Å². The third-order valence-corrected chi connectivity index (χ3v) is 2.62. The van der Waals surface area contributed by atoms with Crippen molar-refractivity contribution in [2.45, 2.75) is 32.1 Å². The Labute approximate surface area is 66.0 Å². The summed E-state index contributed by atoms with van der Waals surface area (Å²) < 4.78 is 25.3. The Morgan fingerprint density at radius 2 is 2.27 bits per heavy atom. The van der Waals surface area contributed by atoms with E-state index in [1.54, 1.807) is 0 Å². The number of rotatable bonds is 2. The van der Waals surface area contributed by atoms with Gasteiger partial charge in [0.25, 0.3) is 0 Å². The molecule has 1 aliphatic rings. The molecule has 0 aliphatic heterocycles. The van der Waals surface area contributed by atoms with Gasteiger partial charge in [0.15, 0.2) is 0 Å². The molecule has 11 heavy (non-hydrogen) atoms. The maximum Gasteiger partial charge on any atom is 0.248 e. The molecule has 2 N–H and O–H groups in total. The van der Waals surface area contributed by atoms with E-state index >= 15 is 0 Å². The van der Waals surface area contributed by atoms with Crippen molar-refractivity contribution >= 4 is 0 Å². The maximum absolute atomic E-state index is 12.7. The Morgan fingerprint density at radius 3 is 2.64 bits per heavy atom. The SMILES string of the molecule is CC(CN)C1CCC(F)(F)C1. The number of nitrogens with two attached hydrogens (primary N) is 1. The number of alkyl halides is 2. The second-order valence-electron chi connectivity index (χ2n) is 3.57. The minimum absolute atomic E-state index is 0.0470. The van der Waals surface area contributed by atoms with Gasteiger partial charge in [-0.1, -0.05) is 6.92 Å². The van der Waals surface area contributed by atoms with Gasteiger partial charge in [-0.3, -0.25) is 0 Å². The fourth-order valence-electron chi connectivity index (χ4n) is 1.66. The van der Waals surface area contributed by atoms with Crippen LogP contribution in [0.5, 0.6) is 0 Å². The van der Waals surface area contributed by atoms with Gasteiger partial charge in [-0.15, -0.1) is 0 Å². The molecular formula is C8H15F2N. The zero-order chi connectivity index (χ0) is 8.48. The Balaban J connectivity index is 2.41. The van der Waals surface area contributed by atoms with Crippen molar-refractivity contribution in [3.05, 3.63) is 0 Å². The smallest absolute Gasteiger partial charge is 0.248 e. The summed E-state index contributed by atoms with van der Waals surface area (Å²) in [5.41, 5.74) is 5.40. The van der Waals surface area contributed by atoms with Crippen molar-refractivity contribution in [2.24, 2.45) is 17.6 Å². The van der Waals surface area contributed by atoms with Gasteiger partial charge in [0, 0.05) is 12.8 Å². The quantitative estimate of drug-likeness (QED) is 0.662. The molecule has 1 aliphatic carbocycles. The Morgan fingerprint density at radius 1 is 1.64 bits per heavy atom. The maximum atomic E-state index is 12.7. The highest BCUT2D eigenvalue weighted by atomic mass is 19.3. The van der Waals surface area contributed by atoms with Crippen LogP contribution in [-0.2, 0) is 0 Å². The second-order valence-corrected chi connectivity index (χ2v) is 3.57. The molecule has 2 atom stereocenters. The van der Waals surface area contributed by atoms with E-state index in [1.807, 2.05) is 6.92 Å². The molecule has 0 bridgehead atoms. The molecule has 0 aromatic heterocycles. The average molecular weight is 163 g/mol. The lowest BCUT2D eigenvalue weighted by molar-refractivity contribution is 0.00280. The van der Waals surface area contributed by atoms with Crippen molar-refractivity contribution in [2.75, 3.05) is 6.54 Å². The highest BCUT2D eigenvalue weighted by Crippen LogP contribution is 2.41. The van der Waals surface area contributed by atoms with Crippen LogP contribution in [0.3, 0.4) is 0 Å². The molecule has 0 aromatic carbocycles. The van der Waals surface area contributed by atoms with Gasteiger partial charge in [0.2, 0.25) is 5.92 Å². The first-order valence-corrected chi connectivity index (χ1v) is 4.13. The summed E-state index contributed by atoms with van der Waals surface area (Å²) in [4.78, 5) is 0. The molecule has 0 heterocycles. The lowest BCUT2D eigenvalue weighted by Gasteiger charge is -2.16. The third-order valence-electron chi connectivity index (χ3n) is 2.62. The normalized spacial score (nSPS) is 32.2. The molecule has 3 heteroatoms. The van der Waals surface area contributed by atoms with Gasteiger partial charge in [0.05, 0.1) is 0 Å². The van der Waals surface area contributed by atoms with Crippen LogP contribution in [0, 0.1) is 11.8 Å². The Kier molecular flexibility index (Phi) is 2.47. The van der Waals surface area contributed by atoms with Crippen molar-refractivity contribution in [3.8, 4) is 0 Å². The lowest BCUT2D eigenvalue weighted by Crippen LogP contribution is -2.20. The summed E-state index contributed by atoms with van der Waals surface area (Å²) in [6.45, 7) is 2.48. The predicted molar refractivity (Wildman–Crippen MR) is 40.5 cm³/mol. The van der Waals surface area contributed by atoms with Crippen LogP contribution < -0.4 is 5.73 Å². The van der Waals surface area contributed by atoms with Crippen molar-refractivity contribution in [3.63, 3.8) is 0 Å². The average Bonchev–Trinajstić information content (AvgIpc) is 2.29. The number of halogens is 2. The highest BCUT2D eigenvalue weighted by Gasteiger charge is 2.40. The van der Waals surface area contributed by atoms with Gasteiger partial charge >= 0.3 is 0 Å². The second kappa shape index (κ2) is 3.05. The van der Waals surface area contributed by atoms with E-state index in [2.05, 4.69) is 0 Å². The number of hydrogen-bond donors (Lipinski definition) is 1. The van der Waals surface area contributed by atoms with Gasteiger partial charge in [0.1, 0.15) is 0 Å². The van der Waals surface area contributed by atoms with E-state index in [0.29, 0.717) is 13.0 Å². The first-order valence-electron chi connectivity index (χ1n) is 4.13. The summed E-state index contributed by atoms with van der Waals surface area (Å²) in [5.74, 6) is -2.01. The third kappa shape index (κ3) is 2.12. The van der Waals surface area contributed by atoms with E-state index in [0.717, 1.165) is 0 Å². The molecule has 0 amide bonds. The topological polar surface area (TPSA) is 26.0 Å². The van der Waals surface area contributed by atoms with E-state index in [4.69, 9.17) is 5.73 Å². The first-order chi connectivity index (χ1) is 5.05. The molecule has 0 aromatic rings. The fraction of sp³-hybridized carbons (Fsp3) is 1.00. The monoisotopic (exact) mass is 163 g/mol. The van der Waals surface area contributed by atoms with E-state index in [-0.39, 0.29) is 24.7 Å². The van der Waals surface area contributed by atoms with Crippen LogP contribution in [0.25, 0.3) is 0 Å². The molecule has 0 radical (unpaired) electrons. The highest BCUT2D eigenvalue weighted by molar-refractivity contribution is 4.84. The largest absolute Gasteiger partial charge is 0.330 e. The molecule has 66 valence electrons. The molecule has 1 fully saturated rings. The Bertz CT molecular complexity index is 136. The lowest BCUT2D eigenvalue weighted by atomic mass is 9.93. The molecule has 1 nitrogen and oxygen atoms in total. The molecule has 2 unspecified atom stereocenters. The van der Waals surface area contributed by atoms with Gasteiger partial charge in [-0.2, -0.15) is 0 Å². The van der Waals surface area contributed by atoms with Gasteiger partial charge in [-0.25, -0.2) is 8.78 Å². The molecule has 1 saturated carbocycles. The summed E-state index contributed by atoms with van der Waals surface area (Å²) in [7, 11) is 0. The summed E-state index contributed by atoms with van der Waals surface area (Å²) in [6.07, 6.45) is 0.749. The minimum atomic E-state index is -2.41. The number of hydrogen-bond acceptors (Lipinski definition) is 1. The zero-order valence-corrected chi connectivity index (χ0v) is 6.82. The van der Waals surface area contributed by atoms with Gasteiger partial charge < -0.3 is 5.73 Å². The first kappa shape index (κ1) is 8.91. The summed E-state index contributed by atoms with van der Waals surface area (Å²) in [6, 6.07) is 0. The van der Waals surface area contributed by atoms with E-state index < -0.39 is 5.92 Å². The van der Waals surface area contributed by atoms with Crippen molar-refractivity contribution < 1.29 is 8.78 Å². The van der Waals surface area contributed by atoms with Crippen LogP contribution in [0.1, 0.15) is 26.2 Å². The molecule has 0 spiro atoms. The predicted octanol–water partition coefficient (Wildman–Crippen LogP) is 2.02.